The minimum atomic E-state index is -0.0262. The highest BCUT2D eigenvalue weighted by Gasteiger charge is 2.11. The SMILES string of the molecule is COc1ccc(CC(N)c2cc(C)cc(C)c2)cc1OC. The molecule has 21 heavy (non-hydrogen) atoms. The first-order valence-corrected chi connectivity index (χ1v) is 7.08. The van der Waals surface area contributed by atoms with Gasteiger partial charge in [-0.3, -0.25) is 0 Å². The van der Waals surface area contributed by atoms with Gasteiger partial charge in [0.25, 0.3) is 0 Å². The molecule has 3 nitrogen and oxygen atoms in total. The fourth-order valence-corrected chi connectivity index (χ4v) is 2.60. The molecule has 0 aliphatic carbocycles. The third kappa shape index (κ3) is 3.76. The standard InChI is InChI=1S/C18H23NO2/c1-12-7-13(2)9-15(8-12)16(19)10-14-5-6-17(20-3)18(11-14)21-4/h5-9,11,16H,10,19H2,1-4H3. The van der Waals surface area contributed by atoms with Crippen molar-refractivity contribution in [3.8, 4) is 11.5 Å². The predicted octanol–water partition coefficient (Wildman–Crippen LogP) is 3.56. The van der Waals surface area contributed by atoms with Gasteiger partial charge in [0.15, 0.2) is 11.5 Å². The Labute approximate surface area is 126 Å². The van der Waals surface area contributed by atoms with Crippen molar-refractivity contribution in [2.75, 3.05) is 14.2 Å². The van der Waals surface area contributed by atoms with E-state index in [9.17, 15) is 0 Å². The molecule has 2 rings (SSSR count). The van der Waals surface area contributed by atoms with E-state index in [4.69, 9.17) is 15.2 Å². The molecule has 2 N–H and O–H groups in total. The van der Waals surface area contributed by atoms with Crippen LogP contribution < -0.4 is 15.2 Å². The highest BCUT2D eigenvalue weighted by atomic mass is 16.5. The maximum atomic E-state index is 6.35. The highest BCUT2D eigenvalue weighted by molar-refractivity contribution is 5.43. The highest BCUT2D eigenvalue weighted by Crippen LogP contribution is 2.29. The number of hydrogen-bond donors (Lipinski definition) is 1. The summed E-state index contributed by atoms with van der Waals surface area (Å²) in [5.41, 5.74) is 11.1. The molecule has 1 unspecified atom stereocenters. The van der Waals surface area contributed by atoms with E-state index in [2.05, 4.69) is 32.0 Å². The van der Waals surface area contributed by atoms with Crippen molar-refractivity contribution in [1.29, 1.82) is 0 Å². The van der Waals surface area contributed by atoms with Crippen LogP contribution in [-0.2, 0) is 6.42 Å². The second-order valence-corrected chi connectivity index (χ2v) is 5.42. The lowest BCUT2D eigenvalue weighted by molar-refractivity contribution is 0.354. The van der Waals surface area contributed by atoms with Crippen LogP contribution in [0.4, 0.5) is 0 Å². The molecule has 0 aromatic heterocycles. The van der Waals surface area contributed by atoms with Crippen LogP contribution in [0.2, 0.25) is 0 Å². The monoisotopic (exact) mass is 285 g/mol. The molecule has 2 aromatic rings. The molecule has 112 valence electrons. The van der Waals surface area contributed by atoms with E-state index < -0.39 is 0 Å². The van der Waals surface area contributed by atoms with Crippen molar-refractivity contribution in [3.05, 3.63) is 58.7 Å². The third-order valence-corrected chi connectivity index (χ3v) is 3.58. The fraction of sp³-hybridized carbons (Fsp3) is 0.333. The minimum absolute atomic E-state index is 0.0262. The Morgan fingerprint density at radius 1 is 0.905 bits per heavy atom. The van der Waals surface area contributed by atoms with Crippen LogP contribution in [-0.4, -0.2) is 14.2 Å². The lowest BCUT2D eigenvalue weighted by atomic mass is 9.96. The number of benzene rings is 2. The van der Waals surface area contributed by atoms with E-state index in [1.807, 2.05) is 18.2 Å². The van der Waals surface area contributed by atoms with Crippen LogP contribution >= 0.6 is 0 Å². The molecular weight excluding hydrogens is 262 g/mol. The third-order valence-electron chi connectivity index (χ3n) is 3.58. The Morgan fingerprint density at radius 3 is 2.10 bits per heavy atom. The zero-order valence-electron chi connectivity index (χ0n) is 13.1. The summed E-state index contributed by atoms with van der Waals surface area (Å²) in [6.45, 7) is 4.19. The summed E-state index contributed by atoms with van der Waals surface area (Å²) in [7, 11) is 3.28. The predicted molar refractivity (Wildman–Crippen MR) is 86.1 cm³/mol. The van der Waals surface area contributed by atoms with Gasteiger partial charge in [0.05, 0.1) is 14.2 Å². The molecule has 0 radical (unpaired) electrons. The van der Waals surface area contributed by atoms with Gasteiger partial charge in [0.2, 0.25) is 0 Å². The van der Waals surface area contributed by atoms with Gasteiger partial charge in [0, 0.05) is 6.04 Å². The molecular formula is C18H23NO2. The molecule has 0 fully saturated rings. The topological polar surface area (TPSA) is 44.5 Å². The maximum Gasteiger partial charge on any atom is 0.160 e. The number of nitrogens with two attached hydrogens (primary N) is 1. The summed E-state index contributed by atoms with van der Waals surface area (Å²) in [5, 5.41) is 0. The van der Waals surface area contributed by atoms with E-state index in [0.29, 0.717) is 0 Å². The fourth-order valence-electron chi connectivity index (χ4n) is 2.60. The second-order valence-electron chi connectivity index (χ2n) is 5.42. The van der Waals surface area contributed by atoms with E-state index in [0.717, 1.165) is 23.5 Å². The zero-order chi connectivity index (χ0) is 15.4. The van der Waals surface area contributed by atoms with Gasteiger partial charge in [-0.15, -0.1) is 0 Å². The van der Waals surface area contributed by atoms with E-state index in [1.54, 1.807) is 14.2 Å². The number of methoxy groups -OCH3 is 2. The molecule has 3 heteroatoms. The van der Waals surface area contributed by atoms with E-state index in [-0.39, 0.29) is 6.04 Å². The van der Waals surface area contributed by atoms with Crippen LogP contribution in [0.1, 0.15) is 28.3 Å². The first kappa shape index (κ1) is 15.4. The number of aryl methyl sites for hydroxylation is 2. The first-order valence-electron chi connectivity index (χ1n) is 7.08. The van der Waals surface area contributed by atoms with Crippen molar-refractivity contribution in [3.63, 3.8) is 0 Å². The molecule has 1 atom stereocenters. The summed E-state index contributed by atoms with van der Waals surface area (Å²) in [6.07, 6.45) is 0.767. The van der Waals surface area contributed by atoms with Crippen molar-refractivity contribution >= 4 is 0 Å². The molecule has 0 spiro atoms. The average molecular weight is 285 g/mol. The number of rotatable bonds is 5. The van der Waals surface area contributed by atoms with Crippen LogP contribution in [0.5, 0.6) is 11.5 Å². The van der Waals surface area contributed by atoms with Gasteiger partial charge in [-0.2, -0.15) is 0 Å². The van der Waals surface area contributed by atoms with Crippen molar-refractivity contribution in [2.24, 2.45) is 5.73 Å². The van der Waals surface area contributed by atoms with Crippen LogP contribution in [0, 0.1) is 13.8 Å². The summed E-state index contributed by atoms with van der Waals surface area (Å²) in [4.78, 5) is 0. The second kappa shape index (κ2) is 6.64. The Kier molecular flexibility index (Phi) is 4.86. The van der Waals surface area contributed by atoms with Crippen molar-refractivity contribution in [1.82, 2.24) is 0 Å². The molecule has 0 heterocycles. The maximum absolute atomic E-state index is 6.35. The Balaban J connectivity index is 2.20. The first-order chi connectivity index (χ1) is 10.0. The largest absolute Gasteiger partial charge is 0.493 e. The number of hydrogen-bond acceptors (Lipinski definition) is 3. The van der Waals surface area contributed by atoms with Gasteiger partial charge >= 0.3 is 0 Å². The lowest BCUT2D eigenvalue weighted by Gasteiger charge is -2.15. The van der Waals surface area contributed by atoms with Crippen LogP contribution in [0.25, 0.3) is 0 Å². The Hall–Kier alpha value is -2.00. The van der Waals surface area contributed by atoms with Crippen LogP contribution in [0.3, 0.4) is 0 Å². The van der Waals surface area contributed by atoms with Gasteiger partial charge < -0.3 is 15.2 Å². The van der Waals surface area contributed by atoms with E-state index in [1.165, 1.54) is 16.7 Å². The molecule has 2 aromatic carbocycles. The number of ether oxygens (including phenoxy) is 2. The van der Waals surface area contributed by atoms with Gasteiger partial charge in [0.1, 0.15) is 0 Å². The van der Waals surface area contributed by atoms with Crippen molar-refractivity contribution in [2.45, 2.75) is 26.3 Å². The Morgan fingerprint density at radius 2 is 1.52 bits per heavy atom. The molecule has 0 saturated carbocycles. The summed E-state index contributed by atoms with van der Waals surface area (Å²) >= 11 is 0. The summed E-state index contributed by atoms with van der Waals surface area (Å²) in [5.74, 6) is 1.48. The molecule has 0 aliphatic heterocycles. The van der Waals surface area contributed by atoms with Crippen molar-refractivity contribution < 1.29 is 9.47 Å². The van der Waals surface area contributed by atoms with Gasteiger partial charge in [-0.1, -0.05) is 35.4 Å². The summed E-state index contributed by atoms with van der Waals surface area (Å²) in [6, 6.07) is 12.4. The zero-order valence-corrected chi connectivity index (χ0v) is 13.1. The molecule has 0 aliphatic rings. The van der Waals surface area contributed by atoms with E-state index >= 15 is 0 Å². The van der Waals surface area contributed by atoms with Gasteiger partial charge in [-0.25, -0.2) is 0 Å². The summed E-state index contributed by atoms with van der Waals surface area (Å²) < 4.78 is 10.6. The average Bonchev–Trinajstić information content (AvgIpc) is 2.46. The van der Waals surface area contributed by atoms with Crippen LogP contribution in [0.15, 0.2) is 36.4 Å². The Bertz CT molecular complexity index is 602. The quantitative estimate of drug-likeness (QED) is 0.913. The minimum Gasteiger partial charge on any atom is -0.493 e. The molecule has 0 saturated heterocycles. The lowest BCUT2D eigenvalue weighted by Crippen LogP contribution is -2.14. The molecule has 0 bridgehead atoms. The normalized spacial score (nSPS) is 12.0. The molecule has 0 amide bonds. The smallest absolute Gasteiger partial charge is 0.160 e. The van der Waals surface area contributed by atoms with Gasteiger partial charge in [-0.05, 0) is 43.5 Å².